The first-order valence-corrected chi connectivity index (χ1v) is 6.43. The van der Waals surface area contributed by atoms with Crippen molar-refractivity contribution in [3.63, 3.8) is 0 Å². The minimum Gasteiger partial charge on any atom is -0.481 e. The third-order valence-electron chi connectivity index (χ3n) is 3.30. The molecule has 1 N–H and O–H groups in total. The van der Waals surface area contributed by atoms with Crippen molar-refractivity contribution in [1.82, 2.24) is 14.7 Å². The molecular weight excluding hydrogens is 234 g/mol. The number of carbonyl (C=O) groups is 2. The lowest BCUT2D eigenvalue weighted by atomic mass is 10.3. The molecule has 1 fully saturated rings. The van der Waals surface area contributed by atoms with Crippen LogP contribution in [0.2, 0.25) is 0 Å². The molecule has 1 saturated heterocycles. The van der Waals surface area contributed by atoms with Crippen molar-refractivity contribution in [2.45, 2.75) is 13.3 Å². The summed E-state index contributed by atoms with van der Waals surface area (Å²) in [7, 11) is 2.05. The molecule has 0 aromatic heterocycles. The predicted molar refractivity (Wildman–Crippen MR) is 68.4 cm³/mol. The van der Waals surface area contributed by atoms with Crippen LogP contribution in [0, 0.1) is 0 Å². The van der Waals surface area contributed by atoms with Crippen LogP contribution in [0.25, 0.3) is 0 Å². The Morgan fingerprint density at radius 1 is 1.22 bits per heavy atom. The van der Waals surface area contributed by atoms with Crippen molar-refractivity contribution in [3.05, 3.63) is 0 Å². The number of piperazine rings is 1. The molecule has 6 heteroatoms. The second-order valence-corrected chi connectivity index (χ2v) is 4.70. The Hall–Kier alpha value is -1.14. The van der Waals surface area contributed by atoms with Gasteiger partial charge in [-0.05, 0) is 13.6 Å². The minimum absolute atomic E-state index is 0.0872. The van der Waals surface area contributed by atoms with Gasteiger partial charge in [0.25, 0.3) is 0 Å². The van der Waals surface area contributed by atoms with E-state index < -0.39 is 5.97 Å². The summed E-state index contributed by atoms with van der Waals surface area (Å²) in [5.41, 5.74) is 0. The SMILES string of the molecule is CCN(CCC(=O)O)CC(=O)N1CCN(C)CC1. The fourth-order valence-corrected chi connectivity index (χ4v) is 1.95. The Morgan fingerprint density at radius 2 is 1.83 bits per heavy atom. The number of rotatable bonds is 6. The zero-order valence-corrected chi connectivity index (χ0v) is 11.3. The first-order valence-electron chi connectivity index (χ1n) is 6.43. The van der Waals surface area contributed by atoms with Crippen molar-refractivity contribution < 1.29 is 14.7 Å². The lowest BCUT2D eigenvalue weighted by Gasteiger charge is -2.33. The van der Waals surface area contributed by atoms with Crippen LogP contribution < -0.4 is 0 Å². The van der Waals surface area contributed by atoms with Gasteiger partial charge in [-0.25, -0.2) is 0 Å². The molecule has 6 nitrogen and oxygen atoms in total. The third kappa shape index (κ3) is 5.01. The highest BCUT2D eigenvalue weighted by Gasteiger charge is 2.20. The van der Waals surface area contributed by atoms with Crippen molar-refractivity contribution in [1.29, 1.82) is 0 Å². The maximum absolute atomic E-state index is 12.0. The van der Waals surface area contributed by atoms with Crippen LogP contribution in [0.1, 0.15) is 13.3 Å². The van der Waals surface area contributed by atoms with E-state index in [0.29, 0.717) is 19.6 Å². The molecule has 0 atom stereocenters. The fraction of sp³-hybridized carbons (Fsp3) is 0.833. The number of hydrogen-bond acceptors (Lipinski definition) is 4. The van der Waals surface area contributed by atoms with E-state index in [-0.39, 0.29) is 12.3 Å². The maximum atomic E-state index is 12.0. The van der Waals surface area contributed by atoms with Crippen LogP contribution in [0.15, 0.2) is 0 Å². The molecule has 104 valence electrons. The van der Waals surface area contributed by atoms with Crippen LogP contribution >= 0.6 is 0 Å². The van der Waals surface area contributed by atoms with E-state index in [1.807, 2.05) is 23.8 Å². The Bertz CT molecular complexity index is 288. The summed E-state index contributed by atoms with van der Waals surface area (Å²) in [6.07, 6.45) is 0.0872. The standard InChI is InChI=1S/C12H23N3O3/c1-3-14(5-4-12(17)18)10-11(16)15-8-6-13(2)7-9-15/h3-10H2,1-2H3,(H,17,18). The molecule has 0 saturated carbocycles. The van der Waals surface area contributed by atoms with Gasteiger partial charge in [-0.15, -0.1) is 0 Å². The zero-order chi connectivity index (χ0) is 13.5. The molecule has 0 aromatic carbocycles. The molecule has 0 aromatic rings. The lowest BCUT2D eigenvalue weighted by molar-refractivity contribution is -0.139. The van der Waals surface area contributed by atoms with Gasteiger partial charge in [0.05, 0.1) is 13.0 Å². The highest BCUT2D eigenvalue weighted by molar-refractivity contribution is 5.78. The van der Waals surface area contributed by atoms with Gasteiger partial charge in [-0.3, -0.25) is 14.5 Å². The topological polar surface area (TPSA) is 64.1 Å². The normalized spacial score (nSPS) is 17.2. The zero-order valence-electron chi connectivity index (χ0n) is 11.3. The van der Waals surface area contributed by atoms with E-state index in [1.165, 1.54) is 0 Å². The van der Waals surface area contributed by atoms with E-state index in [1.54, 1.807) is 0 Å². The second kappa shape index (κ2) is 7.33. The molecule has 1 aliphatic rings. The molecule has 18 heavy (non-hydrogen) atoms. The van der Waals surface area contributed by atoms with Crippen molar-refractivity contribution in [3.8, 4) is 0 Å². The van der Waals surface area contributed by atoms with Crippen LogP contribution in [-0.4, -0.2) is 84.5 Å². The van der Waals surface area contributed by atoms with Crippen LogP contribution in [0.4, 0.5) is 0 Å². The van der Waals surface area contributed by atoms with Gasteiger partial charge in [-0.2, -0.15) is 0 Å². The largest absolute Gasteiger partial charge is 0.481 e. The average molecular weight is 257 g/mol. The Labute approximate surface area is 108 Å². The number of carboxylic acid groups (broad SMARTS) is 1. The molecule has 0 unspecified atom stereocenters. The van der Waals surface area contributed by atoms with E-state index in [9.17, 15) is 9.59 Å². The van der Waals surface area contributed by atoms with Gasteiger partial charge in [0, 0.05) is 32.7 Å². The summed E-state index contributed by atoms with van der Waals surface area (Å²) in [5.74, 6) is -0.712. The third-order valence-corrected chi connectivity index (χ3v) is 3.30. The molecule has 0 radical (unpaired) electrons. The molecule has 0 bridgehead atoms. The lowest BCUT2D eigenvalue weighted by Crippen LogP contribution is -2.50. The van der Waals surface area contributed by atoms with Gasteiger partial charge < -0.3 is 14.9 Å². The molecule has 1 amide bonds. The van der Waals surface area contributed by atoms with Crippen molar-refractivity contribution in [2.24, 2.45) is 0 Å². The first-order chi connectivity index (χ1) is 8.52. The smallest absolute Gasteiger partial charge is 0.304 e. The van der Waals surface area contributed by atoms with Gasteiger partial charge in [0.1, 0.15) is 0 Å². The first kappa shape index (κ1) is 14.9. The monoisotopic (exact) mass is 257 g/mol. The summed E-state index contributed by atoms with van der Waals surface area (Å²) in [4.78, 5) is 28.5. The quantitative estimate of drug-likeness (QED) is 0.699. The fourth-order valence-electron chi connectivity index (χ4n) is 1.95. The summed E-state index contributed by atoms with van der Waals surface area (Å²) >= 11 is 0. The Kier molecular flexibility index (Phi) is 6.07. The van der Waals surface area contributed by atoms with Crippen LogP contribution in [0.3, 0.4) is 0 Å². The highest BCUT2D eigenvalue weighted by atomic mass is 16.4. The number of hydrogen-bond donors (Lipinski definition) is 1. The molecule has 1 rings (SSSR count). The Morgan fingerprint density at radius 3 is 2.33 bits per heavy atom. The predicted octanol–water partition coefficient (Wildman–Crippen LogP) is -0.443. The van der Waals surface area contributed by atoms with E-state index in [4.69, 9.17) is 5.11 Å². The second-order valence-electron chi connectivity index (χ2n) is 4.70. The van der Waals surface area contributed by atoms with Crippen LogP contribution in [-0.2, 0) is 9.59 Å². The minimum atomic E-state index is -0.819. The summed E-state index contributed by atoms with van der Waals surface area (Å²) < 4.78 is 0. The van der Waals surface area contributed by atoms with Crippen LogP contribution in [0.5, 0.6) is 0 Å². The molecule has 0 aliphatic carbocycles. The van der Waals surface area contributed by atoms with E-state index in [2.05, 4.69) is 4.90 Å². The maximum Gasteiger partial charge on any atom is 0.304 e. The summed E-state index contributed by atoms with van der Waals surface area (Å²) in [6.45, 7) is 6.77. The summed E-state index contributed by atoms with van der Waals surface area (Å²) in [5, 5.41) is 8.64. The number of carboxylic acids is 1. The average Bonchev–Trinajstić information content (AvgIpc) is 2.34. The highest BCUT2D eigenvalue weighted by Crippen LogP contribution is 2.01. The summed E-state index contributed by atoms with van der Waals surface area (Å²) in [6, 6.07) is 0. The number of aliphatic carboxylic acids is 1. The van der Waals surface area contributed by atoms with Gasteiger partial charge in [-0.1, -0.05) is 6.92 Å². The van der Waals surface area contributed by atoms with Gasteiger partial charge in [0.2, 0.25) is 5.91 Å². The van der Waals surface area contributed by atoms with Gasteiger partial charge in [0.15, 0.2) is 0 Å². The number of amides is 1. The molecule has 0 spiro atoms. The number of likely N-dealkylation sites (N-methyl/N-ethyl adjacent to an activating group) is 2. The van der Waals surface area contributed by atoms with E-state index in [0.717, 1.165) is 26.2 Å². The Balaban J connectivity index is 2.34. The van der Waals surface area contributed by atoms with Crippen molar-refractivity contribution in [2.75, 3.05) is 52.9 Å². The van der Waals surface area contributed by atoms with Crippen molar-refractivity contribution >= 4 is 11.9 Å². The van der Waals surface area contributed by atoms with E-state index >= 15 is 0 Å². The molecule has 1 aliphatic heterocycles. The molecular formula is C12H23N3O3. The number of carbonyl (C=O) groups excluding carboxylic acids is 1. The molecule has 1 heterocycles. The number of nitrogens with zero attached hydrogens (tertiary/aromatic N) is 3. The van der Waals surface area contributed by atoms with Gasteiger partial charge >= 0.3 is 5.97 Å².